The van der Waals surface area contributed by atoms with Crippen LogP contribution in [0.4, 0.5) is 0 Å². The van der Waals surface area contributed by atoms with Gasteiger partial charge in [-0.3, -0.25) is 0 Å². The van der Waals surface area contributed by atoms with Crippen molar-refractivity contribution in [2.45, 2.75) is 13.3 Å². The SMILES string of the molecule is CCc1cccc(/C(=C/c2ccccc2)c2ccccc2)c1O. The van der Waals surface area contributed by atoms with Gasteiger partial charge >= 0.3 is 0 Å². The van der Waals surface area contributed by atoms with E-state index < -0.39 is 0 Å². The summed E-state index contributed by atoms with van der Waals surface area (Å²) in [6, 6.07) is 26.4. The van der Waals surface area contributed by atoms with Crippen molar-refractivity contribution in [2.75, 3.05) is 0 Å². The topological polar surface area (TPSA) is 20.2 Å². The first-order chi connectivity index (χ1) is 11.3. The summed E-state index contributed by atoms with van der Waals surface area (Å²) in [4.78, 5) is 0. The van der Waals surface area contributed by atoms with Crippen LogP contribution in [0.3, 0.4) is 0 Å². The Bertz CT molecular complexity index is 802. The second kappa shape index (κ2) is 6.97. The molecule has 3 aromatic rings. The summed E-state index contributed by atoms with van der Waals surface area (Å²) in [5.41, 5.74) is 5.09. The Hall–Kier alpha value is -2.80. The molecule has 0 atom stereocenters. The van der Waals surface area contributed by atoms with Crippen LogP contribution < -0.4 is 0 Å². The predicted octanol–water partition coefficient (Wildman–Crippen LogP) is 5.54. The summed E-state index contributed by atoms with van der Waals surface area (Å²) in [7, 11) is 0. The van der Waals surface area contributed by atoms with Crippen molar-refractivity contribution in [1.29, 1.82) is 0 Å². The molecular weight excluding hydrogens is 280 g/mol. The van der Waals surface area contributed by atoms with Gasteiger partial charge < -0.3 is 5.11 Å². The minimum Gasteiger partial charge on any atom is -0.507 e. The first-order valence-corrected chi connectivity index (χ1v) is 7.93. The Kier molecular flexibility index (Phi) is 4.58. The summed E-state index contributed by atoms with van der Waals surface area (Å²) in [6.45, 7) is 2.06. The number of benzene rings is 3. The first-order valence-electron chi connectivity index (χ1n) is 7.93. The molecule has 0 aromatic heterocycles. The van der Waals surface area contributed by atoms with Crippen molar-refractivity contribution in [3.05, 3.63) is 101 Å². The maximum atomic E-state index is 10.7. The van der Waals surface area contributed by atoms with Crippen molar-refractivity contribution in [2.24, 2.45) is 0 Å². The molecule has 0 aliphatic rings. The van der Waals surface area contributed by atoms with Crippen LogP contribution >= 0.6 is 0 Å². The van der Waals surface area contributed by atoms with Crippen LogP contribution in [-0.4, -0.2) is 5.11 Å². The normalized spacial score (nSPS) is 11.4. The number of aromatic hydroxyl groups is 1. The van der Waals surface area contributed by atoms with Gasteiger partial charge in [0.2, 0.25) is 0 Å². The molecule has 1 N–H and O–H groups in total. The lowest BCUT2D eigenvalue weighted by atomic mass is 9.93. The second-order valence-electron chi connectivity index (χ2n) is 5.50. The van der Waals surface area contributed by atoms with E-state index in [-0.39, 0.29) is 0 Å². The van der Waals surface area contributed by atoms with Crippen molar-refractivity contribution >= 4 is 11.6 Å². The molecule has 0 unspecified atom stereocenters. The van der Waals surface area contributed by atoms with Gasteiger partial charge in [0.25, 0.3) is 0 Å². The third-order valence-electron chi connectivity index (χ3n) is 3.99. The molecule has 0 radical (unpaired) electrons. The first kappa shape index (κ1) is 15.1. The third kappa shape index (κ3) is 3.35. The van der Waals surface area contributed by atoms with Crippen LogP contribution in [0.1, 0.15) is 29.2 Å². The van der Waals surface area contributed by atoms with E-state index in [0.717, 1.165) is 34.2 Å². The molecule has 0 bridgehead atoms. The van der Waals surface area contributed by atoms with Crippen molar-refractivity contribution in [3.8, 4) is 5.75 Å². The fraction of sp³-hybridized carbons (Fsp3) is 0.0909. The highest BCUT2D eigenvalue weighted by Gasteiger charge is 2.12. The molecule has 0 heterocycles. The lowest BCUT2D eigenvalue weighted by Gasteiger charge is -2.13. The van der Waals surface area contributed by atoms with Gasteiger partial charge in [-0.05, 0) is 34.8 Å². The number of phenolic OH excluding ortho intramolecular Hbond substituents is 1. The Morgan fingerprint density at radius 3 is 2.13 bits per heavy atom. The van der Waals surface area contributed by atoms with E-state index >= 15 is 0 Å². The minimum atomic E-state index is 0.376. The largest absolute Gasteiger partial charge is 0.507 e. The molecule has 0 fully saturated rings. The number of phenols is 1. The summed E-state index contributed by atoms with van der Waals surface area (Å²) in [5, 5.41) is 10.7. The molecule has 1 nitrogen and oxygen atoms in total. The standard InChI is InChI=1S/C22H20O/c1-2-18-14-9-15-20(22(18)23)21(19-12-7-4-8-13-19)16-17-10-5-3-6-11-17/h3-16,23H,2H2,1H3/b21-16+. The zero-order valence-electron chi connectivity index (χ0n) is 13.2. The predicted molar refractivity (Wildman–Crippen MR) is 97.3 cm³/mol. The molecule has 0 saturated heterocycles. The van der Waals surface area contributed by atoms with E-state index in [9.17, 15) is 5.11 Å². The highest BCUT2D eigenvalue weighted by molar-refractivity contribution is 5.93. The van der Waals surface area contributed by atoms with E-state index in [4.69, 9.17) is 0 Å². The Labute approximate surface area is 137 Å². The number of hydrogen-bond acceptors (Lipinski definition) is 1. The third-order valence-corrected chi connectivity index (χ3v) is 3.99. The van der Waals surface area contributed by atoms with Crippen molar-refractivity contribution in [3.63, 3.8) is 0 Å². The number of hydrogen-bond donors (Lipinski definition) is 1. The van der Waals surface area contributed by atoms with E-state index in [0.29, 0.717) is 5.75 Å². The van der Waals surface area contributed by atoms with Gasteiger partial charge in [-0.15, -0.1) is 0 Å². The molecule has 3 aromatic carbocycles. The zero-order valence-corrected chi connectivity index (χ0v) is 13.2. The fourth-order valence-corrected chi connectivity index (χ4v) is 2.74. The molecule has 0 spiro atoms. The lowest BCUT2D eigenvalue weighted by molar-refractivity contribution is 0.467. The molecule has 0 aliphatic carbocycles. The maximum Gasteiger partial charge on any atom is 0.126 e. The average Bonchev–Trinajstić information content (AvgIpc) is 2.62. The fourth-order valence-electron chi connectivity index (χ4n) is 2.74. The quantitative estimate of drug-likeness (QED) is 0.627. The monoisotopic (exact) mass is 300 g/mol. The van der Waals surface area contributed by atoms with Gasteiger partial charge in [0, 0.05) is 5.56 Å². The Morgan fingerprint density at radius 2 is 1.48 bits per heavy atom. The maximum absolute atomic E-state index is 10.7. The van der Waals surface area contributed by atoms with E-state index in [1.807, 2.05) is 54.6 Å². The van der Waals surface area contributed by atoms with E-state index in [1.54, 1.807) is 0 Å². The zero-order chi connectivity index (χ0) is 16.1. The molecule has 0 amide bonds. The summed E-state index contributed by atoms with van der Waals surface area (Å²) in [6.07, 6.45) is 2.94. The van der Waals surface area contributed by atoms with E-state index in [2.05, 4.69) is 37.3 Å². The van der Waals surface area contributed by atoms with Gasteiger partial charge in [-0.25, -0.2) is 0 Å². The number of rotatable bonds is 4. The second-order valence-corrected chi connectivity index (χ2v) is 5.50. The van der Waals surface area contributed by atoms with Crippen LogP contribution in [0, 0.1) is 0 Å². The lowest BCUT2D eigenvalue weighted by Crippen LogP contribution is -1.92. The van der Waals surface area contributed by atoms with Gasteiger partial charge in [-0.2, -0.15) is 0 Å². The van der Waals surface area contributed by atoms with Gasteiger partial charge in [0.15, 0.2) is 0 Å². The summed E-state index contributed by atoms with van der Waals surface area (Å²) < 4.78 is 0. The van der Waals surface area contributed by atoms with Crippen LogP contribution in [0.5, 0.6) is 5.75 Å². The Balaban J connectivity index is 2.19. The average molecular weight is 300 g/mol. The smallest absolute Gasteiger partial charge is 0.126 e. The molecule has 1 heteroatoms. The van der Waals surface area contributed by atoms with E-state index in [1.165, 1.54) is 0 Å². The minimum absolute atomic E-state index is 0.376. The number of aryl methyl sites for hydroxylation is 1. The molecule has 0 saturated carbocycles. The molecular formula is C22H20O. The van der Waals surface area contributed by atoms with Crippen molar-refractivity contribution < 1.29 is 5.11 Å². The molecule has 114 valence electrons. The summed E-state index contributed by atoms with van der Waals surface area (Å²) >= 11 is 0. The highest BCUT2D eigenvalue weighted by atomic mass is 16.3. The van der Waals surface area contributed by atoms with Gasteiger partial charge in [0.1, 0.15) is 5.75 Å². The van der Waals surface area contributed by atoms with Gasteiger partial charge in [0.05, 0.1) is 0 Å². The van der Waals surface area contributed by atoms with Crippen LogP contribution in [-0.2, 0) is 6.42 Å². The Morgan fingerprint density at radius 1 is 0.826 bits per heavy atom. The van der Waals surface area contributed by atoms with Crippen LogP contribution in [0.15, 0.2) is 78.9 Å². The molecule has 0 aliphatic heterocycles. The molecule has 23 heavy (non-hydrogen) atoms. The highest BCUT2D eigenvalue weighted by Crippen LogP contribution is 2.34. The summed E-state index contributed by atoms with van der Waals surface area (Å²) in [5.74, 6) is 0.376. The van der Waals surface area contributed by atoms with Crippen molar-refractivity contribution in [1.82, 2.24) is 0 Å². The van der Waals surface area contributed by atoms with Crippen LogP contribution in [0.2, 0.25) is 0 Å². The van der Waals surface area contributed by atoms with Crippen LogP contribution in [0.25, 0.3) is 11.6 Å². The molecule has 3 rings (SSSR count). The number of para-hydroxylation sites is 1. The van der Waals surface area contributed by atoms with Gasteiger partial charge in [-0.1, -0.05) is 85.8 Å².